The molecule has 0 aromatic heterocycles. The molecule has 1 aliphatic heterocycles. The number of para-hydroxylation sites is 1. The molecule has 29 heavy (non-hydrogen) atoms. The number of hydrogen-bond donors (Lipinski definition) is 0. The number of amides is 2. The Morgan fingerprint density at radius 2 is 1.79 bits per heavy atom. The number of rotatable bonds is 7. The Bertz CT molecular complexity index is 1050. The molecule has 148 valence electrons. The van der Waals surface area contributed by atoms with Crippen LogP contribution in [0.1, 0.15) is 31.1 Å². The number of ether oxygens (including phenoxy) is 2. The van der Waals surface area contributed by atoms with Crippen molar-refractivity contribution in [3.8, 4) is 5.75 Å². The first-order valence-electron chi connectivity index (χ1n) is 8.30. The van der Waals surface area contributed by atoms with Gasteiger partial charge in [-0.2, -0.15) is 0 Å². The van der Waals surface area contributed by atoms with E-state index in [0.29, 0.717) is 10.6 Å². The summed E-state index contributed by atoms with van der Waals surface area (Å²) < 4.78 is 9.93. The predicted molar refractivity (Wildman–Crippen MR) is 96.7 cm³/mol. The molecule has 0 spiro atoms. The highest BCUT2D eigenvalue weighted by molar-refractivity contribution is 6.24. The number of benzene rings is 2. The van der Waals surface area contributed by atoms with E-state index in [2.05, 4.69) is 0 Å². The molecule has 10 nitrogen and oxygen atoms in total. The fourth-order valence-corrected chi connectivity index (χ4v) is 2.88. The monoisotopic (exact) mass is 398 g/mol. The number of imide groups is 1. The van der Waals surface area contributed by atoms with Gasteiger partial charge in [-0.05, 0) is 18.2 Å². The van der Waals surface area contributed by atoms with Gasteiger partial charge in [0.1, 0.15) is 17.9 Å². The molecule has 2 amide bonds. The van der Waals surface area contributed by atoms with Crippen LogP contribution in [0.5, 0.6) is 5.75 Å². The van der Waals surface area contributed by atoms with Crippen LogP contribution in [0.25, 0.3) is 0 Å². The number of fused-ring (bicyclic) bond motifs is 1. The summed E-state index contributed by atoms with van der Waals surface area (Å²) in [7, 11) is 1.39. The smallest absolute Gasteiger partial charge is 0.326 e. The number of methoxy groups -OCH3 is 1. The molecule has 0 saturated heterocycles. The first kappa shape index (κ1) is 19.7. The summed E-state index contributed by atoms with van der Waals surface area (Å²) in [6.07, 6.45) is 0. The molecule has 10 heteroatoms. The van der Waals surface area contributed by atoms with Crippen LogP contribution in [0, 0.1) is 10.1 Å². The van der Waals surface area contributed by atoms with E-state index in [0.717, 1.165) is 6.07 Å². The van der Waals surface area contributed by atoms with E-state index in [4.69, 9.17) is 9.47 Å². The summed E-state index contributed by atoms with van der Waals surface area (Å²) in [5, 5.41) is 11.1. The summed E-state index contributed by atoms with van der Waals surface area (Å²) in [6, 6.07) is 9.98. The van der Waals surface area contributed by atoms with Crippen LogP contribution in [0.4, 0.5) is 5.69 Å². The normalized spacial score (nSPS) is 12.5. The number of carbonyl (C=O) groups is 4. The maximum atomic E-state index is 12.4. The van der Waals surface area contributed by atoms with E-state index in [1.165, 1.54) is 25.3 Å². The molecule has 3 rings (SSSR count). The molecule has 0 fully saturated rings. The van der Waals surface area contributed by atoms with Crippen molar-refractivity contribution in [2.24, 2.45) is 0 Å². The molecule has 0 aliphatic carbocycles. The standard InChI is InChI=1S/C19H14N2O8/c1-28-15-8-3-2-5-11(15)14(22)10-29-16(23)9-20-18(24)12-6-4-7-13(21(26)27)17(12)19(20)25/h2-8H,9-10H2,1H3. The van der Waals surface area contributed by atoms with Gasteiger partial charge in [0, 0.05) is 6.07 Å². The summed E-state index contributed by atoms with van der Waals surface area (Å²) >= 11 is 0. The summed E-state index contributed by atoms with van der Waals surface area (Å²) in [4.78, 5) is 59.9. The van der Waals surface area contributed by atoms with E-state index in [1.807, 2.05) is 0 Å². The molecular formula is C19H14N2O8. The molecule has 0 radical (unpaired) electrons. The lowest BCUT2D eigenvalue weighted by atomic mass is 10.1. The van der Waals surface area contributed by atoms with Crippen LogP contribution in [0.2, 0.25) is 0 Å². The van der Waals surface area contributed by atoms with Crippen molar-refractivity contribution in [2.45, 2.75) is 0 Å². The van der Waals surface area contributed by atoms with Gasteiger partial charge in [-0.3, -0.25) is 34.2 Å². The van der Waals surface area contributed by atoms with E-state index in [-0.39, 0.29) is 16.7 Å². The van der Waals surface area contributed by atoms with Crippen molar-refractivity contribution < 1.29 is 33.6 Å². The SMILES string of the molecule is COc1ccccc1C(=O)COC(=O)CN1C(=O)c2cccc([N+](=O)[O-])c2C1=O. The van der Waals surface area contributed by atoms with Crippen LogP contribution in [-0.2, 0) is 9.53 Å². The molecule has 2 aromatic rings. The van der Waals surface area contributed by atoms with Gasteiger partial charge in [0.25, 0.3) is 17.5 Å². The highest BCUT2D eigenvalue weighted by atomic mass is 16.6. The zero-order chi connectivity index (χ0) is 21.1. The molecule has 0 atom stereocenters. The maximum absolute atomic E-state index is 12.4. The van der Waals surface area contributed by atoms with Gasteiger partial charge in [0.2, 0.25) is 5.78 Å². The molecule has 2 aromatic carbocycles. The van der Waals surface area contributed by atoms with Crippen molar-refractivity contribution in [1.29, 1.82) is 0 Å². The van der Waals surface area contributed by atoms with Gasteiger partial charge in [-0.25, -0.2) is 0 Å². The van der Waals surface area contributed by atoms with Gasteiger partial charge < -0.3 is 9.47 Å². The van der Waals surface area contributed by atoms with Gasteiger partial charge in [-0.15, -0.1) is 0 Å². The third-order valence-electron chi connectivity index (χ3n) is 4.23. The number of esters is 1. The first-order chi connectivity index (χ1) is 13.8. The average Bonchev–Trinajstić information content (AvgIpc) is 2.96. The van der Waals surface area contributed by atoms with Crippen LogP contribution in [0.15, 0.2) is 42.5 Å². The Labute approximate surface area is 163 Å². The Morgan fingerprint density at radius 3 is 2.48 bits per heavy atom. The number of ketones is 1. The fraction of sp³-hybridized carbons (Fsp3) is 0.158. The van der Waals surface area contributed by atoms with E-state index >= 15 is 0 Å². The second-order valence-electron chi connectivity index (χ2n) is 5.94. The molecule has 0 N–H and O–H groups in total. The largest absolute Gasteiger partial charge is 0.496 e. The molecular weight excluding hydrogens is 384 g/mol. The van der Waals surface area contributed by atoms with Crippen molar-refractivity contribution in [2.75, 3.05) is 20.3 Å². The van der Waals surface area contributed by atoms with Crippen LogP contribution in [0.3, 0.4) is 0 Å². The molecule has 1 heterocycles. The molecule has 0 saturated carbocycles. The Kier molecular flexibility index (Phi) is 5.35. The molecule has 0 bridgehead atoms. The quantitative estimate of drug-likeness (QED) is 0.226. The van der Waals surface area contributed by atoms with Gasteiger partial charge in [-0.1, -0.05) is 18.2 Å². The van der Waals surface area contributed by atoms with Crippen molar-refractivity contribution in [1.82, 2.24) is 4.90 Å². The van der Waals surface area contributed by atoms with Crippen molar-refractivity contribution in [3.63, 3.8) is 0 Å². The van der Waals surface area contributed by atoms with Crippen LogP contribution < -0.4 is 4.74 Å². The Hall–Kier alpha value is -4.08. The lowest BCUT2D eigenvalue weighted by Crippen LogP contribution is -2.36. The van der Waals surface area contributed by atoms with Crippen LogP contribution >= 0.6 is 0 Å². The third-order valence-corrected chi connectivity index (χ3v) is 4.23. The number of carbonyl (C=O) groups excluding carboxylic acids is 4. The van der Waals surface area contributed by atoms with Gasteiger partial charge >= 0.3 is 5.97 Å². The summed E-state index contributed by atoms with van der Waals surface area (Å²) in [5.41, 5.74) is -0.857. The van der Waals surface area contributed by atoms with Crippen molar-refractivity contribution in [3.05, 3.63) is 69.3 Å². The number of nitro benzene ring substituents is 1. The first-order valence-corrected chi connectivity index (χ1v) is 8.30. The molecule has 0 unspecified atom stereocenters. The van der Waals surface area contributed by atoms with E-state index in [9.17, 15) is 29.3 Å². The highest BCUT2D eigenvalue weighted by Crippen LogP contribution is 2.30. The second kappa shape index (κ2) is 7.89. The highest BCUT2D eigenvalue weighted by Gasteiger charge is 2.42. The predicted octanol–water partition coefficient (Wildman–Crippen LogP) is 1.63. The zero-order valence-corrected chi connectivity index (χ0v) is 15.1. The fourth-order valence-electron chi connectivity index (χ4n) is 2.88. The number of nitrogens with zero attached hydrogens (tertiary/aromatic N) is 2. The molecule has 1 aliphatic rings. The number of Topliss-reactive ketones (excluding diaryl/α,β-unsaturated/α-hetero) is 1. The second-order valence-corrected chi connectivity index (χ2v) is 5.94. The van der Waals surface area contributed by atoms with Gasteiger partial charge in [0.15, 0.2) is 6.61 Å². The lowest BCUT2D eigenvalue weighted by Gasteiger charge is -2.13. The van der Waals surface area contributed by atoms with E-state index < -0.39 is 47.3 Å². The average molecular weight is 398 g/mol. The Morgan fingerprint density at radius 1 is 1.07 bits per heavy atom. The van der Waals surface area contributed by atoms with E-state index in [1.54, 1.807) is 18.2 Å². The topological polar surface area (TPSA) is 133 Å². The minimum absolute atomic E-state index is 0.165. The number of hydrogen-bond acceptors (Lipinski definition) is 8. The minimum atomic E-state index is -1.01. The zero-order valence-electron chi connectivity index (χ0n) is 15.1. The summed E-state index contributed by atoms with van der Waals surface area (Å²) in [6.45, 7) is -1.40. The summed E-state index contributed by atoms with van der Waals surface area (Å²) in [5.74, 6) is -3.05. The maximum Gasteiger partial charge on any atom is 0.326 e. The van der Waals surface area contributed by atoms with Gasteiger partial charge in [0.05, 0.1) is 23.2 Å². The Balaban J connectivity index is 1.68. The van der Waals surface area contributed by atoms with Crippen LogP contribution in [-0.4, -0.2) is 53.7 Å². The van der Waals surface area contributed by atoms with Crippen molar-refractivity contribution >= 4 is 29.3 Å². The number of nitro groups is 1. The minimum Gasteiger partial charge on any atom is -0.496 e. The third kappa shape index (κ3) is 3.68. The lowest BCUT2D eigenvalue weighted by molar-refractivity contribution is -0.385.